The Bertz CT molecular complexity index is 778. The maximum Gasteiger partial charge on any atom is 0.188 e. The fraction of sp³-hybridized carbons (Fsp3) is 0.222. The van der Waals surface area contributed by atoms with Crippen LogP contribution < -0.4 is 10.6 Å². The summed E-state index contributed by atoms with van der Waals surface area (Å²) in [6.45, 7) is 1.08. The van der Waals surface area contributed by atoms with Crippen molar-refractivity contribution in [3.63, 3.8) is 0 Å². The molecular formula is C18H18N4S. The third kappa shape index (κ3) is 3.25. The minimum absolute atomic E-state index is 0.382. The van der Waals surface area contributed by atoms with Crippen LogP contribution >= 0.6 is 11.3 Å². The van der Waals surface area contributed by atoms with Gasteiger partial charge in [-0.1, -0.05) is 47.7 Å². The number of aromatic nitrogens is 2. The third-order valence-corrected chi connectivity index (χ3v) is 4.95. The molecule has 1 atom stereocenters. The molecule has 0 bridgehead atoms. The number of hydrogen-bond acceptors (Lipinski definition) is 5. The van der Waals surface area contributed by atoms with E-state index in [-0.39, 0.29) is 0 Å². The minimum atomic E-state index is 0.382. The van der Waals surface area contributed by atoms with Gasteiger partial charge in [0.15, 0.2) is 5.13 Å². The van der Waals surface area contributed by atoms with E-state index in [0.717, 1.165) is 34.5 Å². The number of rotatable bonds is 4. The lowest BCUT2D eigenvalue weighted by molar-refractivity contribution is 0.629. The Morgan fingerprint density at radius 2 is 2.00 bits per heavy atom. The monoisotopic (exact) mass is 322 g/mol. The molecule has 2 N–H and O–H groups in total. The molecule has 3 heterocycles. The van der Waals surface area contributed by atoms with Crippen molar-refractivity contribution in [1.82, 2.24) is 15.3 Å². The van der Waals surface area contributed by atoms with E-state index in [4.69, 9.17) is 4.98 Å². The highest BCUT2D eigenvalue weighted by Crippen LogP contribution is 2.30. The van der Waals surface area contributed by atoms with E-state index in [1.165, 1.54) is 12.0 Å². The van der Waals surface area contributed by atoms with E-state index in [2.05, 4.69) is 39.9 Å². The van der Waals surface area contributed by atoms with Gasteiger partial charge in [-0.05, 0) is 37.1 Å². The molecule has 0 unspecified atom stereocenters. The van der Waals surface area contributed by atoms with Crippen LogP contribution in [0.25, 0.3) is 10.4 Å². The fourth-order valence-electron chi connectivity index (χ4n) is 2.83. The molecule has 0 spiro atoms. The average molecular weight is 322 g/mol. The maximum atomic E-state index is 4.73. The predicted octanol–water partition coefficient (Wildman–Crippen LogP) is 4.37. The van der Waals surface area contributed by atoms with Gasteiger partial charge < -0.3 is 10.6 Å². The first kappa shape index (κ1) is 14.4. The number of nitrogens with one attached hydrogen (secondary N) is 2. The minimum Gasteiger partial charge on any atom is -0.316 e. The highest BCUT2D eigenvalue weighted by atomic mass is 32.1. The summed E-state index contributed by atoms with van der Waals surface area (Å²) < 4.78 is 0. The molecule has 2 aromatic heterocycles. The van der Waals surface area contributed by atoms with E-state index < -0.39 is 0 Å². The van der Waals surface area contributed by atoms with Crippen LogP contribution in [0.4, 0.5) is 10.9 Å². The van der Waals surface area contributed by atoms with Crippen molar-refractivity contribution >= 4 is 22.3 Å². The summed E-state index contributed by atoms with van der Waals surface area (Å²) in [5, 5.41) is 7.68. The first-order valence-electron chi connectivity index (χ1n) is 7.87. The number of thiazole rings is 1. The van der Waals surface area contributed by atoms with Gasteiger partial charge in [0.25, 0.3) is 0 Å². The van der Waals surface area contributed by atoms with Crippen molar-refractivity contribution in [2.75, 3.05) is 11.9 Å². The van der Waals surface area contributed by atoms with Crippen LogP contribution in [0.2, 0.25) is 0 Å². The lowest BCUT2D eigenvalue weighted by Gasteiger charge is -2.11. The van der Waals surface area contributed by atoms with Crippen molar-refractivity contribution in [3.8, 4) is 10.4 Å². The van der Waals surface area contributed by atoms with Gasteiger partial charge in [-0.3, -0.25) is 0 Å². The number of nitrogens with zero attached hydrogens (tertiary/aromatic N) is 2. The predicted molar refractivity (Wildman–Crippen MR) is 95.0 cm³/mol. The number of pyridine rings is 1. The third-order valence-electron chi connectivity index (χ3n) is 3.99. The summed E-state index contributed by atoms with van der Waals surface area (Å²) in [6.07, 6.45) is 4.29. The van der Waals surface area contributed by atoms with E-state index in [1.54, 1.807) is 11.3 Å². The van der Waals surface area contributed by atoms with Gasteiger partial charge in [0, 0.05) is 12.2 Å². The van der Waals surface area contributed by atoms with Gasteiger partial charge in [0.2, 0.25) is 0 Å². The Morgan fingerprint density at radius 3 is 2.83 bits per heavy atom. The van der Waals surface area contributed by atoms with Crippen molar-refractivity contribution in [3.05, 3.63) is 60.4 Å². The van der Waals surface area contributed by atoms with Crippen LogP contribution in [-0.4, -0.2) is 16.5 Å². The Hall–Kier alpha value is -2.24. The fourth-order valence-corrected chi connectivity index (χ4v) is 3.66. The molecule has 0 saturated carbocycles. The Labute approximate surface area is 139 Å². The average Bonchev–Trinajstić information content (AvgIpc) is 3.28. The molecular weight excluding hydrogens is 304 g/mol. The Morgan fingerprint density at radius 1 is 1.09 bits per heavy atom. The lowest BCUT2D eigenvalue weighted by Crippen LogP contribution is -2.14. The molecule has 1 aromatic carbocycles. The molecule has 0 radical (unpaired) electrons. The zero-order chi connectivity index (χ0) is 15.5. The quantitative estimate of drug-likeness (QED) is 0.749. The standard InChI is InChI=1S/C18H18N4S/c1-2-6-13(7-3-1)16-12-20-18(23-16)22-17-10-4-8-15(21-17)14-9-5-11-19-14/h1-4,6-8,10,12,14,19H,5,9,11H2,(H,20,21,22)/t14-/m1/s1. The van der Waals surface area contributed by atoms with Gasteiger partial charge in [-0.2, -0.15) is 0 Å². The second-order valence-corrected chi connectivity index (χ2v) is 6.65. The van der Waals surface area contributed by atoms with Gasteiger partial charge in [0.05, 0.1) is 10.6 Å². The molecule has 1 aliphatic heterocycles. The smallest absolute Gasteiger partial charge is 0.188 e. The van der Waals surface area contributed by atoms with Crippen molar-refractivity contribution in [2.45, 2.75) is 18.9 Å². The van der Waals surface area contributed by atoms with Crippen LogP contribution in [0.3, 0.4) is 0 Å². The first-order valence-corrected chi connectivity index (χ1v) is 8.69. The maximum absolute atomic E-state index is 4.73. The second-order valence-electron chi connectivity index (χ2n) is 5.62. The molecule has 4 nitrogen and oxygen atoms in total. The second kappa shape index (κ2) is 6.48. The van der Waals surface area contributed by atoms with E-state index in [0.29, 0.717) is 6.04 Å². The van der Waals surface area contributed by atoms with Gasteiger partial charge in [-0.25, -0.2) is 9.97 Å². The highest BCUT2D eigenvalue weighted by Gasteiger charge is 2.17. The highest BCUT2D eigenvalue weighted by molar-refractivity contribution is 7.18. The van der Waals surface area contributed by atoms with Gasteiger partial charge in [0.1, 0.15) is 5.82 Å². The molecule has 5 heteroatoms. The molecule has 0 amide bonds. The van der Waals surface area contributed by atoms with Crippen LogP contribution in [-0.2, 0) is 0 Å². The lowest BCUT2D eigenvalue weighted by atomic mass is 10.1. The summed E-state index contributed by atoms with van der Waals surface area (Å²) in [5.41, 5.74) is 2.29. The summed E-state index contributed by atoms with van der Waals surface area (Å²) >= 11 is 1.64. The van der Waals surface area contributed by atoms with E-state index in [9.17, 15) is 0 Å². The molecule has 116 valence electrons. The van der Waals surface area contributed by atoms with Crippen LogP contribution in [0.1, 0.15) is 24.6 Å². The number of benzene rings is 1. The van der Waals surface area contributed by atoms with Crippen LogP contribution in [0, 0.1) is 0 Å². The summed E-state index contributed by atoms with van der Waals surface area (Å²) in [4.78, 5) is 10.3. The Balaban J connectivity index is 1.52. The molecule has 4 rings (SSSR count). The van der Waals surface area contributed by atoms with Crippen molar-refractivity contribution in [2.24, 2.45) is 0 Å². The van der Waals surface area contributed by atoms with Crippen molar-refractivity contribution < 1.29 is 0 Å². The zero-order valence-electron chi connectivity index (χ0n) is 12.7. The topological polar surface area (TPSA) is 49.8 Å². The molecule has 1 saturated heterocycles. The normalized spacial score (nSPS) is 17.3. The zero-order valence-corrected chi connectivity index (χ0v) is 13.5. The summed E-state index contributed by atoms with van der Waals surface area (Å²) in [7, 11) is 0. The van der Waals surface area contributed by atoms with Crippen LogP contribution in [0.15, 0.2) is 54.7 Å². The molecule has 23 heavy (non-hydrogen) atoms. The molecule has 0 aliphatic carbocycles. The van der Waals surface area contributed by atoms with Gasteiger partial charge >= 0.3 is 0 Å². The van der Waals surface area contributed by atoms with Gasteiger partial charge in [-0.15, -0.1) is 0 Å². The van der Waals surface area contributed by atoms with Crippen LogP contribution in [0.5, 0.6) is 0 Å². The largest absolute Gasteiger partial charge is 0.316 e. The number of anilines is 2. The summed E-state index contributed by atoms with van der Waals surface area (Å²) in [6, 6.07) is 16.8. The van der Waals surface area contributed by atoms with Crippen molar-refractivity contribution in [1.29, 1.82) is 0 Å². The van der Waals surface area contributed by atoms with E-state index >= 15 is 0 Å². The molecule has 3 aromatic rings. The molecule has 1 fully saturated rings. The summed E-state index contributed by atoms with van der Waals surface area (Å²) in [5.74, 6) is 0.852. The SMILES string of the molecule is c1ccc(-c2cnc(Nc3cccc([C@H]4CCCN4)n3)s2)cc1. The number of hydrogen-bond donors (Lipinski definition) is 2. The Kier molecular flexibility index (Phi) is 4.05. The first-order chi connectivity index (χ1) is 11.4. The van der Waals surface area contributed by atoms with E-state index in [1.807, 2.05) is 30.5 Å². The molecule has 1 aliphatic rings.